The Labute approximate surface area is 91.4 Å². The summed E-state index contributed by atoms with van der Waals surface area (Å²) in [5.74, 6) is 3.46. The molecule has 2 heteroatoms. The first-order valence-electron chi connectivity index (χ1n) is 6.36. The van der Waals surface area contributed by atoms with E-state index >= 15 is 0 Å². The van der Waals surface area contributed by atoms with Gasteiger partial charge in [0.05, 0.1) is 12.7 Å². The molecule has 0 aromatic heterocycles. The number of carbonyl (C=O) groups is 1. The molecule has 0 radical (unpaired) electrons. The average Bonchev–Trinajstić information content (AvgIpc) is 2.74. The Balaban J connectivity index is 1.77. The molecule has 5 atom stereocenters. The SMILES string of the molecule is CC(=O)C[C@H]1CC2COC3CCCC1[C@@H]23. The minimum Gasteiger partial charge on any atom is -0.378 e. The highest BCUT2D eigenvalue weighted by molar-refractivity contribution is 5.75. The predicted molar refractivity (Wildman–Crippen MR) is 57.5 cm³/mol. The third kappa shape index (κ3) is 1.54. The van der Waals surface area contributed by atoms with Gasteiger partial charge in [-0.1, -0.05) is 6.42 Å². The summed E-state index contributed by atoms with van der Waals surface area (Å²) in [7, 11) is 0. The molecule has 0 aromatic carbocycles. The third-order valence-corrected chi connectivity index (χ3v) is 4.78. The zero-order chi connectivity index (χ0) is 10.4. The first-order valence-corrected chi connectivity index (χ1v) is 6.36. The molecule has 1 heterocycles. The molecule has 2 saturated carbocycles. The number of rotatable bonds is 2. The summed E-state index contributed by atoms with van der Waals surface area (Å²) in [6.45, 7) is 2.71. The zero-order valence-electron chi connectivity index (χ0n) is 9.45. The van der Waals surface area contributed by atoms with Crippen LogP contribution in [0.15, 0.2) is 0 Å². The monoisotopic (exact) mass is 208 g/mol. The fourth-order valence-corrected chi connectivity index (χ4v) is 4.36. The molecule has 0 spiro atoms. The van der Waals surface area contributed by atoms with Crippen molar-refractivity contribution in [2.24, 2.45) is 23.7 Å². The second kappa shape index (κ2) is 3.58. The minimum atomic E-state index is 0.378. The summed E-state index contributed by atoms with van der Waals surface area (Å²) in [6, 6.07) is 0. The van der Waals surface area contributed by atoms with Crippen molar-refractivity contribution in [3.05, 3.63) is 0 Å². The van der Waals surface area contributed by atoms with Crippen molar-refractivity contribution in [1.29, 1.82) is 0 Å². The lowest BCUT2D eigenvalue weighted by atomic mass is 9.74. The van der Waals surface area contributed by atoms with Crippen LogP contribution in [0.25, 0.3) is 0 Å². The minimum absolute atomic E-state index is 0.378. The highest BCUT2D eigenvalue weighted by atomic mass is 16.5. The van der Waals surface area contributed by atoms with Crippen molar-refractivity contribution in [3.8, 4) is 0 Å². The van der Waals surface area contributed by atoms with E-state index in [1.165, 1.54) is 25.7 Å². The van der Waals surface area contributed by atoms with Crippen molar-refractivity contribution >= 4 is 5.78 Å². The fourth-order valence-electron chi connectivity index (χ4n) is 4.36. The molecule has 3 fully saturated rings. The van der Waals surface area contributed by atoms with E-state index < -0.39 is 0 Å². The van der Waals surface area contributed by atoms with E-state index in [0.29, 0.717) is 17.8 Å². The van der Waals surface area contributed by atoms with Gasteiger partial charge in [0.1, 0.15) is 5.78 Å². The number of ketones is 1. The number of carbonyl (C=O) groups excluding carboxylic acids is 1. The van der Waals surface area contributed by atoms with E-state index in [4.69, 9.17) is 4.74 Å². The van der Waals surface area contributed by atoms with Gasteiger partial charge in [0.2, 0.25) is 0 Å². The van der Waals surface area contributed by atoms with Crippen LogP contribution in [0.3, 0.4) is 0 Å². The first kappa shape index (κ1) is 9.83. The standard InChI is InChI=1S/C13H20O2/c1-8(14)5-9-6-10-7-15-12-4-2-3-11(9)13(10)12/h9-13H,2-7H2,1H3/t9-,10?,11?,12?,13+/m0/s1. The van der Waals surface area contributed by atoms with Gasteiger partial charge in [-0.2, -0.15) is 0 Å². The van der Waals surface area contributed by atoms with Gasteiger partial charge >= 0.3 is 0 Å². The third-order valence-electron chi connectivity index (χ3n) is 4.78. The van der Waals surface area contributed by atoms with Gasteiger partial charge in [-0.15, -0.1) is 0 Å². The van der Waals surface area contributed by atoms with Gasteiger partial charge in [-0.3, -0.25) is 0 Å². The second-order valence-corrected chi connectivity index (χ2v) is 5.71. The van der Waals surface area contributed by atoms with Crippen LogP contribution < -0.4 is 0 Å². The van der Waals surface area contributed by atoms with Crippen LogP contribution in [0, 0.1) is 23.7 Å². The quantitative estimate of drug-likeness (QED) is 0.696. The van der Waals surface area contributed by atoms with Crippen LogP contribution >= 0.6 is 0 Å². The van der Waals surface area contributed by atoms with E-state index in [1.807, 2.05) is 0 Å². The van der Waals surface area contributed by atoms with Crippen molar-refractivity contribution in [2.45, 2.75) is 45.1 Å². The Morgan fingerprint density at radius 3 is 3.07 bits per heavy atom. The summed E-state index contributed by atoms with van der Waals surface area (Å²) in [5.41, 5.74) is 0. The highest BCUT2D eigenvalue weighted by Crippen LogP contribution is 2.54. The summed E-state index contributed by atoms with van der Waals surface area (Å²) in [4.78, 5) is 11.2. The predicted octanol–water partition coefficient (Wildman–Crippen LogP) is 2.42. The van der Waals surface area contributed by atoms with E-state index in [9.17, 15) is 4.79 Å². The van der Waals surface area contributed by atoms with Crippen molar-refractivity contribution in [2.75, 3.05) is 6.61 Å². The van der Waals surface area contributed by atoms with Crippen molar-refractivity contribution in [1.82, 2.24) is 0 Å². The van der Waals surface area contributed by atoms with Crippen LogP contribution in [0.2, 0.25) is 0 Å². The maximum absolute atomic E-state index is 11.2. The largest absolute Gasteiger partial charge is 0.378 e. The molecular weight excluding hydrogens is 188 g/mol. The van der Waals surface area contributed by atoms with Crippen LogP contribution in [0.5, 0.6) is 0 Å². The summed E-state index contributed by atoms with van der Waals surface area (Å²) < 4.78 is 5.86. The van der Waals surface area contributed by atoms with Gasteiger partial charge < -0.3 is 9.53 Å². The fraction of sp³-hybridized carbons (Fsp3) is 0.923. The molecule has 0 aromatic rings. The molecule has 84 valence electrons. The summed E-state index contributed by atoms with van der Waals surface area (Å²) in [5, 5.41) is 0. The van der Waals surface area contributed by atoms with Crippen LogP contribution in [-0.2, 0) is 9.53 Å². The molecule has 2 nitrogen and oxygen atoms in total. The summed E-state index contributed by atoms with van der Waals surface area (Å²) in [6.07, 6.45) is 6.55. The van der Waals surface area contributed by atoms with Gasteiger partial charge in [-0.05, 0) is 49.9 Å². The van der Waals surface area contributed by atoms with Gasteiger partial charge in [0.25, 0.3) is 0 Å². The van der Waals surface area contributed by atoms with E-state index in [1.54, 1.807) is 6.92 Å². The van der Waals surface area contributed by atoms with E-state index in [-0.39, 0.29) is 0 Å². The summed E-state index contributed by atoms with van der Waals surface area (Å²) >= 11 is 0. The highest BCUT2D eigenvalue weighted by Gasteiger charge is 2.52. The normalized spacial score (nSPS) is 47.9. The molecule has 0 bridgehead atoms. The Morgan fingerprint density at radius 2 is 2.27 bits per heavy atom. The Bertz CT molecular complexity index is 272. The Hall–Kier alpha value is -0.370. The molecular formula is C13H20O2. The molecule has 2 aliphatic carbocycles. The van der Waals surface area contributed by atoms with Gasteiger partial charge in [-0.25, -0.2) is 0 Å². The van der Waals surface area contributed by atoms with E-state index in [0.717, 1.165) is 30.8 Å². The van der Waals surface area contributed by atoms with Crippen molar-refractivity contribution < 1.29 is 9.53 Å². The number of ether oxygens (including phenoxy) is 1. The Kier molecular flexibility index (Phi) is 2.35. The number of hydrogen-bond acceptors (Lipinski definition) is 2. The van der Waals surface area contributed by atoms with Crippen LogP contribution in [0.1, 0.15) is 39.0 Å². The molecule has 0 amide bonds. The topological polar surface area (TPSA) is 26.3 Å². The molecule has 15 heavy (non-hydrogen) atoms. The van der Waals surface area contributed by atoms with Crippen molar-refractivity contribution in [3.63, 3.8) is 0 Å². The smallest absolute Gasteiger partial charge is 0.130 e. The van der Waals surface area contributed by atoms with Gasteiger partial charge in [0, 0.05) is 6.42 Å². The van der Waals surface area contributed by atoms with Crippen LogP contribution in [0.4, 0.5) is 0 Å². The maximum Gasteiger partial charge on any atom is 0.130 e. The van der Waals surface area contributed by atoms with Crippen LogP contribution in [-0.4, -0.2) is 18.5 Å². The molecule has 3 rings (SSSR count). The molecule has 1 saturated heterocycles. The number of Topliss-reactive ketones (excluding diaryl/α,β-unsaturated/α-hetero) is 1. The van der Waals surface area contributed by atoms with E-state index in [2.05, 4.69) is 0 Å². The Morgan fingerprint density at radius 1 is 1.40 bits per heavy atom. The lowest BCUT2D eigenvalue weighted by molar-refractivity contribution is -0.118. The molecule has 0 N–H and O–H groups in total. The average molecular weight is 208 g/mol. The number of hydrogen-bond donors (Lipinski definition) is 0. The second-order valence-electron chi connectivity index (χ2n) is 5.71. The molecule has 1 aliphatic heterocycles. The molecule has 3 aliphatic rings. The lowest BCUT2D eigenvalue weighted by Crippen LogP contribution is -2.30. The first-order chi connectivity index (χ1) is 7.25. The molecule has 3 unspecified atom stereocenters. The maximum atomic E-state index is 11.2. The zero-order valence-corrected chi connectivity index (χ0v) is 9.45. The van der Waals surface area contributed by atoms with Gasteiger partial charge in [0.15, 0.2) is 0 Å². The lowest BCUT2D eigenvalue weighted by Gasteiger charge is -2.32.